The van der Waals surface area contributed by atoms with E-state index in [0.29, 0.717) is 23.4 Å². The van der Waals surface area contributed by atoms with E-state index in [0.717, 1.165) is 32.4 Å². The summed E-state index contributed by atoms with van der Waals surface area (Å²) in [4.78, 5) is 8.53. The van der Waals surface area contributed by atoms with E-state index in [1.165, 1.54) is 0 Å². The van der Waals surface area contributed by atoms with Crippen LogP contribution in [0.5, 0.6) is 0 Å². The highest BCUT2D eigenvalue weighted by atomic mass is 35.5. The van der Waals surface area contributed by atoms with Gasteiger partial charge in [0.05, 0.1) is 18.8 Å². The second-order valence-electron chi connectivity index (χ2n) is 4.38. The van der Waals surface area contributed by atoms with Gasteiger partial charge in [-0.25, -0.2) is 4.98 Å². The second kappa shape index (κ2) is 6.75. The zero-order valence-corrected chi connectivity index (χ0v) is 11.3. The molecule has 1 aliphatic rings. The Bertz CT molecular complexity index is 382. The van der Waals surface area contributed by atoms with E-state index in [4.69, 9.17) is 16.3 Å². The molecule has 6 heteroatoms. The molecule has 1 fully saturated rings. The van der Waals surface area contributed by atoms with Crippen LogP contribution in [0.1, 0.15) is 26.2 Å². The summed E-state index contributed by atoms with van der Waals surface area (Å²) in [5, 5.41) is 7.01. The average Bonchev–Trinajstić information content (AvgIpc) is 2.41. The number of nitrogens with one attached hydrogen (secondary N) is 2. The molecule has 0 radical (unpaired) electrons. The molecule has 5 nitrogen and oxygen atoms in total. The molecule has 1 aromatic rings. The highest BCUT2D eigenvalue weighted by molar-refractivity contribution is 6.32. The van der Waals surface area contributed by atoms with Gasteiger partial charge in [-0.3, -0.25) is 0 Å². The third kappa shape index (κ3) is 3.71. The van der Waals surface area contributed by atoms with Gasteiger partial charge in [0.2, 0.25) is 5.95 Å². The Morgan fingerprint density at radius 2 is 2.44 bits per heavy atom. The SMILES string of the molecule is CCCNc1ncc(Cl)c(NC2CCCOC2)n1. The molecule has 1 atom stereocenters. The van der Waals surface area contributed by atoms with Crippen LogP contribution in [-0.2, 0) is 4.74 Å². The van der Waals surface area contributed by atoms with E-state index in [2.05, 4.69) is 27.5 Å². The summed E-state index contributed by atoms with van der Waals surface area (Å²) in [6.07, 6.45) is 4.81. The maximum atomic E-state index is 6.09. The fraction of sp³-hybridized carbons (Fsp3) is 0.667. The van der Waals surface area contributed by atoms with Crippen molar-refractivity contribution in [2.45, 2.75) is 32.2 Å². The summed E-state index contributed by atoms with van der Waals surface area (Å²) in [5.41, 5.74) is 0. The number of nitrogens with zero attached hydrogens (tertiary/aromatic N) is 2. The lowest BCUT2D eigenvalue weighted by Crippen LogP contribution is -2.30. The van der Waals surface area contributed by atoms with Gasteiger partial charge in [0.1, 0.15) is 5.02 Å². The first-order valence-electron chi connectivity index (χ1n) is 6.40. The summed E-state index contributed by atoms with van der Waals surface area (Å²) in [6.45, 7) is 4.51. The van der Waals surface area contributed by atoms with Crippen LogP contribution in [0.2, 0.25) is 5.02 Å². The van der Waals surface area contributed by atoms with E-state index in [1.807, 2.05) is 0 Å². The molecule has 0 amide bonds. The van der Waals surface area contributed by atoms with E-state index in [1.54, 1.807) is 6.20 Å². The molecule has 100 valence electrons. The largest absolute Gasteiger partial charge is 0.379 e. The maximum Gasteiger partial charge on any atom is 0.224 e. The quantitative estimate of drug-likeness (QED) is 0.861. The Morgan fingerprint density at radius 1 is 1.56 bits per heavy atom. The lowest BCUT2D eigenvalue weighted by Gasteiger charge is -2.24. The highest BCUT2D eigenvalue weighted by Gasteiger charge is 2.16. The van der Waals surface area contributed by atoms with Crippen LogP contribution in [0, 0.1) is 0 Å². The first-order chi connectivity index (χ1) is 8.79. The van der Waals surface area contributed by atoms with Crippen molar-refractivity contribution >= 4 is 23.4 Å². The molecule has 2 rings (SSSR count). The number of aromatic nitrogens is 2. The third-order valence-electron chi connectivity index (χ3n) is 2.78. The number of anilines is 2. The monoisotopic (exact) mass is 270 g/mol. The minimum absolute atomic E-state index is 0.283. The molecule has 1 saturated heterocycles. The summed E-state index contributed by atoms with van der Waals surface area (Å²) in [6, 6.07) is 0.283. The molecule has 2 N–H and O–H groups in total. The third-order valence-corrected chi connectivity index (χ3v) is 3.05. The molecule has 0 bridgehead atoms. The van der Waals surface area contributed by atoms with Crippen molar-refractivity contribution in [3.63, 3.8) is 0 Å². The summed E-state index contributed by atoms with van der Waals surface area (Å²) in [7, 11) is 0. The summed E-state index contributed by atoms with van der Waals surface area (Å²) < 4.78 is 5.42. The number of ether oxygens (including phenoxy) is 1. The predicted molar refractivity (Wildman–Crippen MR) is 73.3 cm³/mol. The van der Waals surface area contributed by atoms with E-state index in [-0.39, 0.29) is 6.04 Å². The van der Waals surface area contributed by atoms with E-state index < -0.39 is 0 Å². The lowest BCUT2D eigenvalue weighted by molar-refractivity contribution is 0.0875. The molecule has 1 unspecified atom stereocenters. The Labute approximate surface area is 112 Å². The first-order valence-corrected chi connectivity index (χ1v) is 6.78. The number of hydrogen-bond donors (Lipinski definition) is 2. The molecule has 0 saturated carbocycles. The Kier molecular flexibility index (Phi) is 5.01. The van der Waals surface area contributed by atoms with Crippen LogP contribution in [-0.4, -0.2) is 35.8 Å². The van der Waals surface area contributed by atoms with Gasteiger partial charge in [-0.2, -0.15) is 4.98 Å². The van der Waals surface area contributed by atoms with Gasteiger partial charge in [-0.15, -0.1) is 0 Å². The molecule has 0 aromatic carbocycles. The molecule has 18 heavy (non-hydrogen) atoms. The average molecular weight is 271 g/mol. The number of halogens is 1. The second-order valence-corrected chi connectivity index (χ2v) is 4.78. The van der Waals surface area contributed by atoms with E-state index >= 15 is 0 Å². The Morgan fingerprint density at radius 3 is 3.17 bits per heavy atom. The van der Waals surface area contributed by atoms with Gasteiger partial charge in [0.25, 0.3) is 0 Å². The van der Waals surface area contributed by atoms with Crippen molar-refractivity contribution in [3.8, 4) is 0 Å². The fourth-order valence-electron chi connectivity index (χ4n) is 1.84. The van der Waals surface area contributed by atoms with Crippen LogP contribution in [0.25, 0.3) is 0 Å². The number of hydrogen-bond acceptors (Lipinski definition) is 5. The normalized spacial score (nSPS) is 19.6. The Hall–Kier alpha value is -1.07. The van der Waals surface area contributed by atoms with Crippen LogP contribution >= 0.6 is 11.6 Å². The van der Waals surface area contributed by atoms with Crippen molar-refractivity contribution in [1.29, 1.82) is 0 Å². The van der Waals surface area contributed by atoms with Crippen LogP contribution in [0.4, 0.5) is 11.8 Å². The summed E-state index contributed by atoms with van der Waals surface area (Å²) in [5.74, 6) is 1.29. The van der Waals surface area contributed by atoms with Gasteiger partial charge < -0.3 is 15.4 Å². The zero-order chi connectivity index (χ0) is 12.8. The minimum atomic E-state index is 0.283. The van der Waals surface area contributed by atoms with Crippen LogP contribution in [0.3, 0.4) is 0 Å². The first kappa shape index (κ1) is 13.4. The molecular formula is C12H19ClN4O. The molecular weight excluding hydrogens is 252 g/mol. The number of rotatable bonds is 5. The van der Waals surface area contributed by atoms with Crippen molar-refractivity contribution in [1.82, 2.24) is 9.97 Å². The van der Waals surface area contributed by atoms with Crippen molar-refractivity contribution in [2.75, 3.05) is 30.4 Å². The molecule has 0 spiro atoms. The Balaban J connectivity index is 2.00. The zero-order valence-electron chi connectivity index (χ0n) is 10.6. The maximum absolute atomic E-state index is 6.09. The van der Waals surface area contributed by atoms with Gasteiger partial charge in [0.15, 0.2) is 5.82 Å². The van der Waals surface area contributed by atoms with Crippen LogP contribution < -0.4 is 10.6 Å². The van der Waals surface area contributed by atoms with Crippen LogP contribution in [0.15, 0.2) is 6.20 Å². The molecule has 1 aliphatic heterocycles. The lowest BCUT2D eigenvalue weighted by atomic mass is 10.1. The highest BCUT2D eigenvalue weighted by Crippen LogP contribution is 2.22. The van der Waals surface area contributed by atoms with E-state index in [9.17, 15) is 0 Å². The van der Waals surface area contributed by atoms with Gasteiger partial charge >= 0.3 is 0 Å². The van der Waals surface area contributed by atoms with Crippen molar-refractivity contribution in [3.05, 3.63) is 11.2 Å². The fourth-order valence-corrected chi connectivity index (χ4v) is 1.98. The topological polar surface area (TPSA) is 59.1 Å². The molecule has 2 heterocycles. The summed E-state index contributed by atoms with van der Waals surface area (Å²) >= 11 is 6.09. The predicted octanol–water partition coefficient (Wildman–Crippen LogP) is 2.54. The smallest absolute Gasteiger partial charge is 0.224 e. The van der Waals surface area contributed by atoms with Gasteiger partial charge in [0, 0.05) is 13.2 Å². The van der Waals surface area contributed by atoms with Gasteiger partial charge in [-0.1, -0.05) is 18.5 Å². The minimum Gasteiger partial charge on any atom is -0.379 e. The standard InChI is InChI=1S/C12H19ClN4O/c1-2-5-14-12-15-7-10(13)11(17-12)16-9-4-3-6-18-8-9/h7,9H,2-6,8H2,1H3,(H2,14,15,16,17). The van der Waals surface area contributed by atoms with Crippen molar-refractivity contribution < 1.29 is 4.74 Å². The van der Waals surface area contributed by atoms with Gasteiger partial charge in [-0.05, 0) is 19.3 Å². The molecule has 1 aromatic heterocycles. The molecule has 0 aliphatic carbocycles. The van der Waals surface area contributed by atoms with Crippen molar-refractivity contribution in [2.24, 2.45) is 0 Å².